The molecule has 1 rings (SSSR count). The van der Waals surface area contributed by atoms with E-state index < -0.39 is 17.6 Å². The maximum atomic E-state index is 12.6. The predicted molar refractivity (Wildman–Crippen MR) is 87.8 cm³/mol. The third-order valence-corrected chi connectivity index (χ3v) is 3.03. The summed E-state index contributed by atoms with van der Waals surface area (Å²) in [5.74, 6) is -0.444. The predicted octanol–water partition coefficient (Wildman–Crippen LogP) is 2.92. The molecule has 1 aromatic rings. The van der Waals surface area contributed by atoms with Gasteiger partial charge in [0.1, 0.15) is 17.4 Å². The van der Waals surface area contributed by atoms with Crippen LogP contribution in [0.15, 0.2) is 6.07 Å². The zero-order chi connectivity index (χ0) is 18.5. The van der Waals surface area contributed by atoms with Crippen LogP contribution < -0.4 is 4.74 Å². The minimum absolute atomic E-state index is 0.0843. The van der Waals surface area contributed by atoms with Crippen LogP contribution in [0.4, 0.5) is 4.79 Å². The summed E-state index contributed by atoms with van der Waals surface area (Å²) in [6.45, 7) is 9.09. The summed E-state index contributed by atoms with van der Waals surface area (Å²) >= 11 is 0. The molecule has 130 valence electrons. The van der Waals surface area contributed by atoms with Crippen molar-refractivity contribution < 1.29 is 19.1 Å². The van der Waals surface area contributed by atoms with Gasteiger partial charge in [-0.2, -0.15) is 5.26 Å². The summed E-state index contributed by atoms with van der Waals surface area (Å²) in [6.07, 6.45) is -0.221. The van der Waals surface area contributed by atoms with E-state index >= 15 is 0 Å². The molecule has 0 radical (unpaired) electrons. The number of imide groups is 1. The first kappa shape index (κ1) is 19.4. The number of carbonyl (C=O) groups excluding carboxylic acids is 2. The van der Waals surface area contributed by atoms with E-state index in [4.69, 9.17) is 9.47 Å². The molecule has 0 saturated heterocycles. The zero-order valence-corrected chi connectivity index (χ0v) is 15.0. The third-order valence-electron chi connectivity index (χ3n) is 3.03. The summed E-state index contributed by atoms with van der Waals surface area (Å²) in [4.78, 5) is 29.6. The van der Waals surface area contributed by atoms with Crippen molar-refractivity contribution >= 4 is 12.0 Å². The summed E-state index contributed by atoms with van der Waals surface area (Å²) < 4.78 is 10.6. The first-order chi connectivity index (χ1) is 11.1. The molecule has 7 nitrogen and oxygen atoms in total. The number of ether oxygens (including phenoxy) is 2. The number of nitrogens with zero attached hydrogens (tertiary/aromatic N) is 3. The second kappa shape index (κ2) is 7.77. The molecule has 0 bridgehead atoms. The molecule has 0 spiro atoms. The molecule has 0 aliphatic rings. The molecular weight excluding hydrogens is 310 g/mol. The standard InChI is InChI=1S/C17H23N3O4/c1-7-11-9-13(23-8-2)14(19-12(11)10-18)15(21)20(6)16(22)24-17(3,4)5/h9H,7-8H2,1-6H3. The number of carbonyl (C=O) groups is 2. The van der Waals surface area contributed by atoms with E-state index in [2.05, 4.69) is 4.98 Å². The van der Waals surface area contributed by atoms with Gasteiger partial charge in [0, 0.05) is 7.05 Å². The van der Waals surface area contributed by atoms with Gasteiger partial charge in [-0.3, -0.25) is 4.79 Å². The quantitative estimate of drug-likeness (QED) is 0.841. The van der Waals surface area contributed by atoms with E-state index in [0.29, 0.717) is 18.6 Å². The van der Waals surface area contributed by atoms with Crippen molar-refractivity contribution in [2.24, 2.45) is 0 Å². The molecule has 1 aromatic heterocycles. The fourth-order valence-corrected chi connectivity index (χ4v) is 1.89. The summed E-state index contributed by atoms with van der Waals surface area (Å²) in [6, 6.07) is 3.58. The second-order valence-corrected chi connectivity index (χ2v) is 6.09. The molecule has 0 aliphatic carbocycles. The van der Waals surface area contributed by atoms with Crippen molar-refractivity contribution in [1.29, 1.82) is 5.26 Å². The minimum atomic E-state index is -0.796. The van der Waals surface area contributed by atoms with Gasteiger partial charge in [0.25, 0.3) is 5.91 Å². The van der Waals surface area contributed by atoms with E-state index in [-0.39, 0.29) is 17.1 Å². The van der Waals surface area contributed by atoms with Crippen LogP contribution in [-0.4, -0.2) is 41.1 Å². The number of aryl methyl sites for hydroxylation is 1. The van der Waals surface area contributed by atoms with Crippen LogP contribution in [0, 0.1) is 11.3 Å². The van der Waals surface area contributed by atoms with Crippen LogP contribution in [-0.2, 0) is 11.2 Å². The molecule has 0 N–H and O–H groups in total. The Labute approximate surface area is 142 Å². The lowest BCUT2D eigenvalue weighted by Crippen LogP contribution is -2.38. The lowest BCUT2D eigenvalue weighted by Gasteiger charge is -2.24. The highest BCUT2D eigenvalue weighted by molar-refractivity contribution is 6.03. The lowest BCUT2D eigenvalue weighted by atomic mass is 10.1. The van der Waals surface area contributed by atoms with Gasteiger partial charge in [-0.05, 0) is 45.7 Å². The van der Waals surface area contributed by atoms with Crippen molar-refractivity contribution in [2.45, 2.75) is 46.6 Å². The van der Waals surface area contributed by atoms with E-state index in [9.17, 15) is 14.9 Å². The Morgan fingerprint density at radius 2 is 1.96 bits per heavy atom. The molecule has 0 atom stereocenters. The average Bonchev–Trinajstić information content (AvgIpc) is 2.51. The van der Waals surface area contributed by atoms with E-state index in [1.807, 2.05) is 13.0 Å². The van der Waals surface area contributed by atoms with Crippen LogP contribution in [0.5, 0.6) is 5.75 Å². The summed E-state index contributed by atoms with van der Waals surface area (Å²) in [5.41, 5.74) is 0.00404. The normalized spacial score (nSPS) is 10.7. The number of hydrogen-bond donors (Lipinski definition) is 0. The fourth-order valence-electron chi connectivity index (χ4n) is 1.89. The molecule has 0 unspecified atom stereocenters. The van der Waals surface area contributed by atoms with Crippen LogP contribution >= 0.6 is 0 Å². The van der Waals surface area contributed by atoms with Gasteiger partial charge in [0.05, 0.1) is 6.61 Å². The maximum Gasteiger partial charge on any atom is 0.417 e. The summed E-state index contributed by atoms with van der Waals surface area (Å²) in [7, 11) is 1.30. The molecule has 0 aromatic carbocycles. The van der Waals surface area contributed by atoms with Gasteiger partial charge in [-0.15, -0.1) is 0 Å². The number of amides is 2. The van der Waals surface area contributed by atoms with Gasteiger partial charge in [0.2, 0.25) is 0 Å². The number of pyridine rings is 1. The van der Waals surface area contributed by atoms with E-state index in [1.165, 1.54) is 7.05 Å². The molecule has 1 heterocycles. The van der Waals surface area contributed by atoms with E-state index in [0.717, 1.165) is 4.90 Å². The highest BCUT2D eigenvalue weighted by Crippen LogP contribution is 2.23. The molecule has 0 fully saturated rings. The Morgan fingerprint density at radius 3 is 2.42 bits per heavy atom. The highest BCUT2D eigenvalue weighted by atomic mass is 16.6. The molecule has 7 heteroatoms. The monoisotopic (exact) mass is 333 g/mol. The third kappa shape index (κ3) is 4.69. The van der Waals surface area contributed by atoms with Gasteiger partial charge >= 0.3 is 6.09 Å². The van der Waals surface area contributed by atoms with Gasteiger partial charge in [-0.25, -0.2) is 14.7 Å². The van der Waals surface area contributed by atoms with Crippen molar-refractivity contribution in [3.63, 3.8) is 0 Å². The van der Waals surface area contributed by atoms with Gasteiger partial charge in [0.15, 0.2) is 11.4 Å². The molecule has 2 amide bonds. The second-order valence-electron chi connectivity index (χ2n) is 6.09. The summed E-state index contributed by atoms with van der Waals surface area (Å²) in [5, 5.41) is 9.21. The minimum Gasteiger partial charge on any atom is -0.491 e. The topological polar surface area (TPSA) is 92.5 Å². The highest BCUT2D eigenvalue weighted by Gasteiger charge is 2.28. The largest absolute Gasteiger partial charge is 0.491 e. The van der Waals surface area contributed by atoms with Gasteiger partial charge < -0.3 is 9.47 Å². The van der Waals surface area contributed by atoms with Crippen molar-refractivity contribution in [3.05, 3.63) is 23.0 Å². The number of hydrogen-bond acceptors (Lipinski definition) is 6. The SMILES string of the molecule is CCOc1cc(CC)c(C#N)nc1C(=O)N(C)C(=O)OC(C)(C)C. The first-order valence-electron chi connectivity index (χ1n) is 7.72. The van der Waals surface area contributed by atoms with Gasteiger partial charge in [-0.1, -0.05) is 6.92 Å². The van der Waals surface area contributed by atoms with Crippen LogP contribution in [0.2, 0.25) is 0 Å². The zero-order valence-electron chi connectivity index (χ0n) is 15.0. The Morgan fingerprint density at radius 1 is 1.33 bits per heavy atom. The molecule has 0 saturated carbocycles. The smallest absolute Gasteiger partial charge is 0.417 e. The average molecular weight is 333 g/mol. The van der Waals surface area contributed by atoms with Crippen LogP contribution in [0.1, 0.15) is 56.4 Å². The Bertz CT molecular complexity index is 672. The Balaban J connectivity index is 3.25. The molecular formula is C17H23N3O4. The van der Waals surface area contributed by atoms with E-state index in [1.54, 1.807) is 33.8 Å². The van der Waals surface area contributed by atoms with Crippen LogP contribution in [0.3, 0.4) is 0 Å². The maximum absolute atomic E-state index is 12.6. The molecule has 24 heavy (non-hydrogen) atoms. The number of rotatable bonds is 4. The fraction of sp³-hybridized carbons (Fsp3) is 0.529. The van der Waals surface area contributed by atoms with Crippen molar-refractivity contribution in [2.75, 3.05) is 13.7 Å². The number of nitriles is 1. The van der Waals surface area contributed by atoms with Crippen LogP contribution in [0.25, 0.3) is 0 Å². The molecule has 0 aliphatic heterocycles. The van der Waals surface area contributed by atoms with Crippen molar-refractivity contribution in [1.82, 2.24) is 9.88 Å². The van der Waals surface area contributed by atoms with Crippen molar-refractivity contribution in [3.8, 4) is 11.8 Å². The Hall–Kier alpha value is -2.62. The lowest BCUT2D eigenvalue weighted by molar-refractivity contribution is 0.0282. The number of aromatic nitrogens is 1. The first-order valence-corrected chi connectivity index (χ1v) is 7.72. The Kier molecular flexibility index (Phi) is 6.29.